The molecule has 0 heterocycles. The molecule has 0 saturated heterocycles. The van der Waals surface area contributed by atoms with Gasteiger partial charge in [-0.05, 0) is 25.0 Å². The summed E-state index contributed by atoms with van der Waals surface area (Å²) in [7, 11) is 3.80. The lowest BCUT2D eigenvalue weighted by atomic mass is 9.82. The summed E-state index contributed by atoms with van der Waals surface area (Å²) in [6.45, 7) is 0. The summed E-state index contributed by atoms with van der Waals surface area (Å²) in [5.41, 5.74) is 7.03. The molecule has 0 aromatic heterocycles. The number of nitrogens with one attached hydrogen (secondary N) is 1. The standard InChI is InChI=1S/C15H22ClN3O/c1-19(2)13-11(16)7-6-8-12(13)18-14(20)15(17)9-4-3-5-10-15/h6-8H,3-5,9-10,17H2,1-2H3,(H,18,20). The average molecular weight is 296 g/mol. The van der Waals surface area contributed by atoms with Gasteiger partial charge in [-0.25, -0.2) is 0 Å². The van der Waals surface area contributed by atoms with Gasteiger partial charge in [-0.15, -0.1) is 0 Å². The van der Waals surface area contributed by atoms with Gasteiger partial charge in [0.15, 0.2) is 0 Å². The normalized spacial score (nSPS) is 17.6. The molecular formula is C15H22ClN3O. The summed E-state index contributed by atoms with van der Waals surface area (Å²) >= 11 is 6.20. The number of nitrogens with zero attached hydrogens (tertiary/aromatic N) is 1. The van der Waals surface area contributed by atoms with Crippen LogP contribution in [0.3, 0.4) is 0 Å². The molecule has 0 radical (unpaired) electrons. The Morgan fingerprint density at radius 1 is 1.30 bits per heavy atom. The molecule has 0 atom stereocenters. The predicted octanol–water partition coefficient (Wildman–Crippen LogP) is 3.01. The van der Waals surface area contributed by atoms with Gasteiger partial charge in [-0.2, -0.15) is 0 Å². The van der Waals surface area contributed by atoms with Crippen molar-refractivity contribution in [1.29, 1.82) is 0 Å². The van der Waals surface area contributed by atoms with Crippen molar-refractivity contribution >= 4 is 28.9 Å². The van der Waals surface area contributed by atoms with Crippen molar-refractivity contribution in [3.63, 3.8) is 0 Å². The molecule has 3 N–H and O–H groups in total. The van der Waals surface area contributed by atoms with Crippen LogP contribution in [0, 0.1) is 0 Å². The van der Waals surface area contributed by atoms with E-state index in [-0.39, 0.29) is 5.91 Å². The molecule has 2 rings (SSSR count). The van der Waals surface area contributed by atoms with Gasteiger partial charge in [0, 0.05) is 14.1 Å². The number of benzene rings is 1. The van der Waals surface area contributed by atoms with Gasteiger partial charge in [-0.1, -0.05) is 36.9 Å². The molecule has 0 unspecified atom stereocenters. The van der Waals surface area contributed by atoms with Crippen LogP contribution in [-0.4, -0.2) is 25.5 Å². The van der Waals surface area contributed by atoms with Crippen molar-refractivity contribution in [2.24, 2.45) is 5.73 Å². The first-order valence-electron chi connectivity index (χ1n) is 7.00. The molecule has 1 fully saturated rings. The lowest BCUT2D eigenvalue weighted by Crippen LogP contribution is -2.52. The summed E-state index contributed by atoms with van der Waals surface area (Å²) in [6.07, 6.45) is 4.68. The SMILES string of the molecule is CN(C)c1c(Cl)cccc1NC(=O)C1(N)CCCCC1. The van der Waals surface area contributed by atoms with Crippen LogP contribution in [0.5, 0.6) is 0 Å². The summed E-state index contributed by atoms with van der Waals surface area (Å²) in [5, 5.41) is 3.57. The molecule has 1 aliphatic carbocycles. The molecule has 0 aliphatic heterocycles. The summed E-state index contributed by atoms with van der Waals surface area (Å²) in [6, 6.07) is 5.49. The summed E-state index contributed by atoms with van der Waals surface area (Å²) < 4.78 is 0. The van der Waals surface area contributed by atoms with Gasteiger partial charge in [-0.3, -0.25) is 4.79 Å². The van der Waals surface area contributed by atoms with Crippen LogP contribution in [0.4, 0.5) is 11.4 Å². The highest BCUT2D eigenvalue weighted by molar-refractivity contribution is 6.34. The Morgan fingerprint density at radius 3 is 2.55 bits per heavy atom. The van der Waals surface area contributed by atoms with E-state index in [0.717, 1.165) is 37.8 Å². The minimum Gasteiger partial charge on any atom is -0.375 e. The Bertz CT molecular complexity index is 496. The number of nitrogens with two attached hydrogens (primary N) is 1. The fourth-order valence-corrected chi connectivity index (χ4v) is 3.07. The lowest BCUT2D eigenvalue weighted by Gasteiger charge is -2.32. The number of para-hydroxylation sites is 1. The Morgan fingerprint density at radius 2 is 1.95 bits per heavy atom. The Labute approximate surface area is 125 Å². The molecular weight excluding hydrogens is 274 g/mol. The quantitative estimate of drug-likeness (QED) is 0.901. The molecule has 5 heteroatoms. The average Bonchev–Trinajstić information content (AvgIpc) is 2.39. The fourth-order valence-electron chi connectivity index (χ4n) is 2.73. The zero-order chi connectivity index (χ0) is 14.8. The molecule has 1 aromatic rings. The van der Waals surface area contributed by atoms with E-state index in [1.54, 1.807) is 0 Å². The minimum atomic E-state index is -0.746. The van der Waals surface area contributed by atoms with Gasteiger partial charge in [0.1, 0.15) is 0 Å². The van der Waals surface area contributed by atoms with Gasteiger partial charge in [0.05, 0.1) is 21.9 Å². The second-order valence-corrected chi connectivity index (χ2v) is 6.11. The molecule has 110 valence electrons. The first-order valence-corrected chi connectivity index (χ1v) is 7.38. The number of amides is 1. The van der Waals surface area contributed by atoms with E-state index in [9.17, 15) is 4.79 Å². The van der Waals surface area contributed by atoms with Crippen LogP contribution in [0.2, 0.25) is 5.02 Å². The third-order valence-corrected chi connectivity index (χ3v) is 4.19. The second kappa shape index (κ2) is 6.02. The molecule has 1 amide bonds. The minimum absolute atomic E-state index is 0.109. The van der Waals surface area contributed by atoms with Crippen molar-refractivity contribution in [2.45, 2.75) is 37.6 Å². The summed E-state index contributed by atoms with van der Waals surface area (Å²) in [4.78, 5) is 14.4. The fraction of sp³-hybridized carbons (Fsp3) is 0.533. The topological polar surface area (TPSA) is 58.4 Å². The zero-order valence-corrected chi connectivity index (χ0v) is 12.8. The number of hydrogen-bond donors (Lipinski definition) is 2. The number of anilines is 2. The van der Waals surface area contributed by atoms with E-state index < -0.39 is 5.54 Å². The molecule has 0 spiro atoms. The number of carbonyl (C=O) groups excluding carboxylic acids is 1. The van der Waals surface area contributed by atoms with Gasteiger partial charge >= 0.3 is 0 Å². The predicted molar refractivity (Wildman–Crippen MR) is 84.4 cm³/mol. The van der Waals surface area contributed by atoms with Crippen molar-refractivity contribution < 1.29 is 4.79 Å². The molecule has 1 aromatic carbocycles. The first-order chi connectivity index (χ1) is 9.44. The third kappa shape index (κ3) is 3.07. The van der Waals surface area contributed by atoms with Gasteiger partial charge in [0.2, 0.25) is 5.91 Å². The van der Waals surface area contributed by atoms with E-state index >= 15 is 0 Å². The molecule has 0 bridgehead atoms. The maximum absolute atomic E-state index is 12.5. The van der Waals surface area contributed by atoms with Crippen molar-refractivity contribution in [2.75, 3.05) is 24.3 Å². The number of rotatable bonds is 3. The maximum atomic E-state index is 12.5. The van der Waals surface area contributed by atoms with Crippen molar-refractivity contribution in [1.82, 2.24) is 0 Å². The van der Waals surface area contributed by atoms with E-state index in [4.69, 9.17) is 17.3 Å². The van der Waals surface area contributed by atoms with Crippen LogP contribution in [0.25, 0.3) is 0 Å². The lowest BCUT2D eigenvalue weighted by molar-refractivity contribution is -0.122. The second-order valence-electron chi connectivity index (χ2n) is 5.70. The van der Waals surface area contributed by atoms with E-state index in [2.05, 4.69) is 5.32 Å². The molecule has 20 heavy (non-hydrogen) atoms. The van der Waals surface area contributed by atoms with Crippen LogP contribution in [-0.2, 0) is 4.79 Å². The monoisotopic (exact) mass is 295 g/mol. The smallest absolute Gasteiger partial charge is 0.244 e. The third-order valence-electron chi connectivity index (χ3n) is 3.88. The number of carbonyl (C=O) groups is 1. The highest BCUT2D eigenvalue weighted by atomic mass is 35.5. The van der Waals surface area contributed by atoms with Crippen molar-refractivity contribution in [3.8, 4) is 0 Å². The number of halogens is 1. The number of hydrogen-bond acceptors (Lipinski definition) is 3. The molecule has 1 aliphatic rings. The van der Waals surface area contributed by atoms with E-state index in [1.807, 2.05) is 37.2 Å². The van der Waals surface area contributed by atoms with E-state index in [1.165, 1.54) is 0 Å². The van der Waals surface area contributed by atoms with Crippen LogP contribution >= 0.6 is 11.6 Å². The molecule has 4 nitrogen and oxygen atoms in total. The summed E-state index contributed by atoms with van der Waals surface area (Å²) in [5.74, 6) is -0.109. The Kier molecular flexibility index (Phi) is 4.55. The highest BCUT2D eigenvalue weighted by Gasteiger charge is 2.35. The van der Waals surface area contributed by atoms with Crippen molar-refractivity contribution in [3.05, 3.63) is 23.2 Å². The van der Waals surface area contributed by atoms with Crippen LogP contribution in [0.1, 0.15) is 32.1 Å². The Hall–Kier alpha value is -1.26. The first kappa shape index (κ1) is 15.1. The molecule has 1 saturated carbocycles. The van der Waals surface area contributed by atoms with Gasteiger partial charge in [0.25, 0.3) is 0 Å². The zero-order valence-electron chi connectivity index (χ0n) is 12.1. The largest absolute Gasteiger partial charge is 0.375 e. The van der Waals surface area contributed by atoms with Gasteiger partial charge < -0.3 is 16.0 Å². The van der Waals surface area contributed by atoms with Crippen LogP contribution < -0.4 is 16.0 Å². The Balaban J connectivity index is 2.21. The van der Waals surface area contributed by atoms with Crippen LogP contribution in [0.15, 0.2) is 18.2 Å². The highest BCUT2D eigenvalue weighted by Crippen LogP contribution is 2.34. The maximum Gasteiger partial charge on any atom is 0.244 e. The van der Waals surface area contributed by atoms with E-state index in [0.29, 0.717) is 10.7 Å².